The lowest BCUT2D eigenvalue weighted by Gasteiger charge is -2.17. The maximum absolute atomic E-state index is 11.2. The molecule has 1 aromatic rings. The van der Waals surface area contributed by atoms with Gasteiger partial charge in [0.2, 0.25) is 0 Å². The summed E-state index contributed by atoms with van der Waals surface area (Å²) in [4.78, 5) is 11.2. The summed E-state index contributed by atoms with van der Waals surface area (Å²) in [6.07, 6.45) is 12.0. The second-order valence-electron chi connectivity index (χ2n) is 6.00. The maximum atomic E-state index is 11.2. The molecule has 0 aromatic heterocycles. The van der Waals surface area contributed by atoms with Crippen LogP contribution in [0.15, 0.2) is 24.3 Å². The van der Waals surface area contributed by atoms with Gasteiger partial charge in [0, 0.05) is 18.8 Å². The van der Waals surface area contributed by atoms with Crippen molar-refractivity contribution in [1.29, 1.82) is 0 Å². The lowest BCUT2D eigenvalue weighted by Crippen LogP contribution is -2.39. The third-order valence-corrected chi connectivity index (χ3v) is 4.20. The first-order valence-electron chi connectivity index (χ1n) is 8.69. The fraction of sp³-hybridized carbons (Fsp3) is 0.611. The van der Waals surface area contributed by atoms with Gasteiger partial charge < -0.3 is 9.31 Å². The summed E-state index contributed by atoms with van der Waals surface area (Å²) in [6, 6.07) is 7.55. The summed E-state index contributed by atoms with van der Waals surface area (Å²) >= 11 is 0. The maximum Gasteiger partial charge on any atom is 0.494 e. The summed E-state index contributed by atoms with van der Waals surface area (Å²) in [5.74, 6) is 0. The van der Waals surface area contributed by atoms with Crippen molar-refractivity contribution in [3.05, 3.63) is 29.8 Å². The van der Waals surface area contributed by atoms with Crippen molar-refractivity contribution in [2.75, 3.05) is 13.2 Å². The molecule has 22 heavy (non-hydrogen) atoms. The molecule has 1 aliphatic heterocycles. The molecule has 0 spiro atoms. The van der Waals surface area contributed by atoms with Gasteiger partial charge in [-0.3, -0.25) is 4.79 Å². The van der Waals surface area contributed by atoms with Gasteiger partial charge in [-0.15, -0.1) is 0 Å². The van der Waals surface area contributed by atoms with Crippen LogP contribution in [0.2, 0.25) is 0 Å². The minimum atomic E-state index is -0.413. The molecular formula is C18H27BO3. The molecule has 0 atom stereocenters. The van der Waals surface area contributed by atoms with E-state index >= 15 is 0 Å². The van der Waals surface area contributed by atoms with Gasteiger partial charge in [0.1, 0.15) is 6.29 Å². The van der Waals surface area contributed by atoms with Crippen molar-refractivity contribution >= 4 is 18.9 Å². The SMILES string of the molecule is O=Cc1ccccc1B1OCCCCCCCCCCCO1. The third-order valence-electron chi connectivity index (χ3n) is 4.20. The van der Waals surface area contributed by atoms with E-state index in [4.69, 9.17) is 9.31 Å². The van der Waals surface area contributed by atoms with E-state index in [-0.39, 0.29) is 0 Å². The molecule has 0 N–H and O–H groups in total. The van der Waals surface area contributed by atoms with E-state index < -0.39 is 7.12 Å². The van der Waals surface area contributed by atoms with Crippen LogP contribution in [0.1, 0.15) is 68.1 Å². The molecule has 2 rings (SSSR count). The Bertz CT molecular complexity index is 422. The topological polar surface area (TPSA) is 35.5 Å². The van der Waals surface area contributed by atoms with E-state index in [1.807, 2.05) is 24.3 Å². The summed E-state index contributed by atoms with van der Waals surface area (Å²) in [5, 5.41) is 0. The highest BCUT2D eigenvalue weighted by Crippen LogP contribution is 2.11. The first-order chi connectivity index (χ1) is 10.9. The Morgan fingerprint density at radius 3 is 1.82 bits per heavy atom. The van der Waals surface area contributed by atoms with Gasteiger partial charge in [0.15, 0.2) is 0 Å². The third kappa shape index (κ3) is 5.94. The van der Waals surface area contributed by atoms with Gasteiger partial charge >= 0.3 is 7.12 Å². The Morgan fingerprint density at radius 2 is 1.27 bits per heavy atom. The molecule has 0 radical (unpaired) electrons. The van der Waals surface area contributed by atoms with Crippen LogP contribution in [0, 0.1) is 0 Å². The molecule has 1 aromatic carbocycles. The summed E-state index contributed by atoms with van der Waals surface area (Å²) < 4.78 is 11.9. The van der Waals surface area contributed by atoms with Gasteiger partial charge in [0.25, 0.3) is 0 Å². The van der Waals surface area contributed by atoms with Crippen molar-refractivity contribution in [2.24, 2.45) is 0 Å². The first-order valence-corrected chi connectivity index (χ1v) is 8.69. The lowest BCUT2D eigenvalue weighted by atomic mass is 9.75. The molecular weight excluding hydrogens is 275 g/mol. The normalized spacial score (nSPS) is 19.4. The fourth-order valence-electron chi connectivity index (χ4n) is 2.88. The van der Waals surface area contributed by atoms with Crippen LogP contribution in [0.5, 0.6) is 0 Å². The van der Waals surface area contributed by atoms with Gasteiger partial charge in [-0.05, 0) is 18.3 Å². The number of benzene rings is 1. The zero-order chi connectivity index (χ0) is 15.5. The molecule has 1 aliphatic rings. The zero-order valence-corrected chi connectivity index (χ0v) is 13.5. The molecule has 0 bridgehead atoms. The van der Waals surface area contributed by atoms with Crippen LogP contribution in [0.25, 0.3) is 0 Å². The van der Waals surface area contributed by atoms with E-state index in [0.717, 1.165) is 24.6 Å². The largest absolute Gasteiger partial charge is 0.494 e. The van der Waals surface area contributed by atoms with E-state index in [1.165, 1.54) is 44.9 Å². The van der Waals surface area contributed by atoms with Gasteiger partial charge in [-0.25, -0.2) is 0 Å². The van der Waals surface area contributed by atoms with Crippen LogP contribution < -0.4 is 5.46 Å². The van der Waals surface area contributed by atoms with Crippen LogP contribution >= 0.6 is 0 Å². The lowest BCUT2D eigenvalue weighted by molar-refractivity contribution is 0.112. The van der Waals surface area contributed by atoms with Crippen LogP contribution in [0.3, 0.4) is 0 Å². The summed E-state index contributed by atoms with van der Waals surface area (Å²) in [7, 11) is -0.413. The second-order valence-corrected chi connectivity index (χ2v) is 6.00. The van der Waals surface area contributed by atoms with E-state index in [1.54, 1.807) is 0 Å². The molecule has 120 valence electrons. The Kier molecular flexibility index (Phi) is 8.28. The smallest absolute Gasteiger partial charge is 0.407 e. The minimum Gasteiger partial charge on any atom is -0.407 e. The molecule has 1 saturated heterocycles. The quantitative estimate of drug-likeness (QED) is 0.616. The molecule has 3 nitrogen and oxygen atoms in total. The van der Waals surface area contributed by atoms with E-state index in [9.17, 15) is 4.79 Å². The number of rotatable bonds is 2. The number of aldehydes is 1. The fourth-order valence-corrected chi connectivity index (χ4v) is 2.88. The molecule has 0 saturated carbocycles. The van der Waals surface area contributed by atoms with Crippen LogP contribution in [-0.2, 0) is 9.31 Å². The summed E-state index contributed by atoms with van der Waals surface area (Å²) in [5.41, 5.74) is 1.51. The average Bonchev–Trinajstić information content (AvgIpc) is 2.57. The minimum absolute atomic E-state index is 0.413. The number of carbonyl (C=O) groups excluding carboxylic acids is 1. The average molecular weight is 302 g/mol. The predicted molar refractivity (Wildman–Crippen MR) is 90.7 cm³/mol. The van der Waals surface area contributed by atoms with E-state index in [2.05, 4.69) is 0 Å². The highest BCUT2D eigenvalue weighted by Gasteiger charge is 2.23. The van der Waals surface area contributed by atoms with Gasteiger partial charge in [-0.2, -0.15) is 0 Å². The van der Waals surface area contributed by atoms with Crippen molar-refractivity contribution in [1.82, 2.24) is 0 Å². The first kappa shape index (κ1) is 17.2. The second kappa shape index (κ2) is 10.6. The van der Waals surface area contributed by atoms with Crippen molar-refractivity contribution in [3.8, 4) is 0 Å². The predicted octanol–water partition coefficient (Wildman–Crippen LogP) is 3.75. The monoisotopic (exact) mass is 302 g/mol. The van der Waals surface area contributed by atoms with Crippen LogP contribution in [-0.4, -0.2) is 26.6 Å². The highest BCUT2D eigenvalue weighted by atomic mass is 16.6. The summed E-state index contributed by atoms with van der Waals surface area (Å²) in [6.45, 7) is 1.38. The van der Waals surface area contributed by atoms with E-state index in [0.29, 0.717) is 18.8 Å². The highest BCUT2D eigenvalue weighted by molar-refractivity contribution is 6.62. The number of carbonyl (C=O) groups is 1. The molecule has 1 heterocycles. The zero-order valence-electron chi connectivity index (χ0n) is 13.5. The Morgan fingerprint density at radius 1 is 0.773 bits per heavy atom. The Balaban J connectivity index is 1.97. The molecule has 0 unspecified atom stereocenters. The standard InChI is InChI=1S/C18H27BO3/c20-16-17-12-8-9-13-18(17)19-21-14-10-6-4-2-1-3-5-7-11-15-22-19/h8-9,12-13,16H,1-7,10-11,14-15H2. The van der Waals surface area contributed by atoms with Crippen molar-refractivity contribution in [3.63, 3.8) is 0 Å². The van der Waals surface area contributed by atoms with Gasteiger partial charge in [0.05, 0.1) is 0 Å². The molecule has 4 heteroatoms. The molecule has 0 aliphatic carbocycles. The van der Waals surface area contributed by atoms with Crippen molar-refractivity contribution < 1.29 is 14.1 Å². The molecule has 1 fully saturated rings. The Labute approximate surface area is 134 Å². The van der Waals surface area contributed by atoms with Gasteiger partial charge in [-0.1, -0.05) is 69.2 Å². The Hall–Kier alpha value is -1.13. The van der Waals surface area contributed by atoms with Crippen LogP contribution in [0.4, 0.5) is 0 Å². The number of hydrogen-bond donors (Lipinski definition) is 0. The molecule has 0 amide bonds. The number of hydrogen-bond acceptors (Lipinski definition) is 3. The van der Waals surface area contributed by atoms with Crippen molar-refractivity contribution in [2.45, 2.75) is 57.8 Å².